The van der Waals surface area contributed by atoms with Crippen LogP contribution < -0.4 is 11.1 Å². The third kappa shape index (κ3) is 2.45. The maximum Gasteiger partial charge on any atom is 0.256 e. The van der Waals surface area contributed by atoms with Gasteiger partial charge in [0.05, 0.1) is 11.3 Å². The number of carbonyl (C=O) groups is 1. The minimum Gasteiger partial charge on any atom is -0.399 e. The van der Waals surface area contributed by atoms with E-state index in [1.807, 2.05) is 12.3 Å². The summed E-state index contributed by atoms with van der Waals surface area (Å²) in [5.74, 6) is -0.825. The molecule has 2 rings (SSSR count). The molecule has 0 bridgehead atoms. The molecule has 0 radical (unpaired) electrons. The van der Waals surface area contributed by atoms with E-state index < -0.39 is 5.82 Å². The Balaban J connectivity index is 2.24. The summed E-state index contributed by atoms with van der Waals surface area (Å²) in [6.45, 7) is 1.83. The zero-order valence-electron chi connectivity index (χ0n) is 9.16. The molecular formula is C12H11FN2OS. The van der Waals surface area contributed by atoms with Crippen molar-refractivity contribution in [3.05, 3.63) is 45.9 Å². The molecule has 17 heavy (non-hydrogen) atoms. The molecule has 0 unspecified atom stereocenters. The number of nitrogens with two attached hydrogens (primary N) is 1. The SMILES string of the molecule is Cc1cscc1C(=O)Nc1cc(N)ccc1F. The normalized spacial score (nSPS) is 10.2. The van der Waals surface area contributed by atoms with Gasteiger partial charge in [-0.05, 0) is 36.1 Å². The fraction of sp³-hybridized carbons (Fsp3) is 0.0833. The number of anilines is 2. The van der Waals surface area contributed by atoms with Crippen molar-refractivity contribution in [2.24, 2.45) is 0 Å². The molecule has 0 fully saturated rings. The van der Waals surface area contributed by atoms with Crippen molar-refractivity contribution in [1.29, 1.82) is 0 Å². The molecule has 0 saturated carbocycles. The van der Waals surface area contributed by atoms with Crippen molar-refractivity contribution in [1.82, 2.24) is 0 Å². The van der Waals surface area contributed by atoms with E-state index in [0.29, 0.717) is 11.3 Å². The lowest BCUT2D eigenvalue weighted by Crippen LogP contribution is -2.13. The van der Waals surface area contributed by atoms with Gasteiger partial charge in [-0.1, -0.05) is 0 Å². The van der Waals surface area contributed by atoms with Crippen LogP contribution >= 0.6 is 11.3 Å². The first-order chi connectivity index (χ1) is 8.08. The Bertz CT molecular complexity index is 565. The lowest BCUT2D eigenvalue weighted by molar-refractivity contribution is 0.102. The average molecular weight is 250 g/mol. The minimum atomic E-state index is -0.500. The fourth-order valence-corrected chi connectivity index (χ4v) is 2.25. The van der Waals surface area contributed by atoms with Crippen LogP contribution in [0.25, 0.3) is 0 Å². The topological polar surface area (TPSA) is 55.1 Å². The van der Waals surface area contributed by atoms with Gasteiger partial charge in [-0.15, -0.1) is 0 Å². The number of thiophene rings is 1. The summed E-state index contributed by atoms with van der Waals surface area (Å²) >= 11 is 1.43. The van der Waals surface area contributed by atoms with E-state index in [0.717, 1.165) is 5.56 Å². The maximum absolute atomic E-state index is 13.4. The molecular weight excluding hydrogens is 239 g/mol. The molecule has 88 valence electrons. The van der Waals surface area contributed by atoms with E-state index in [1.54, 1.807) is 5.38 Å². The van der Waals surface area contributed by atoms with Crippen molar-refractivity contribution in [3.8, 4) is 0 Å². The van der Waals surface area contributed by atoms with E-state index >= 15 is 0 Å². The van der Waals surface area contributed by atoms with Gasteiger partial charge in [-0.2, -0.15) is 11.3 Å². The lowest BCUT2D eigenvalue weighted by Gasteiger charge is -2.06. The summed E-state index contributed by atoms with van der Waals surface area (Å²) in [5.41, 5.74) is 7.46. The molecule has 5 heteroatoms. The summed E-state index contributed by atoms with van der Waals surface area (Å²) in [7, 11) is 0. The van der Waals surface area contributed by atoms with Gasteiger partial charge in [0.1, 0.15) is 5.82 Å². The average Bonchev–Trinajstić information content (AvgIpc) is 2.70. The Labute approximate surface area is 102 Å². The summed E-state index contributed by atoms with van der Waals surface area (Å²) in [5, 5.41) is 6.10. The second-order valence-corrected chi connectivity index (χ2v) is 4.41. The van der Waals surface area contributed by atoms with Gasteiger partial charge in [-0.3, -0.25) is 4.79 Å². The molecule has 0 aliphatic carbocycles. The van der Waals surface area contributed by atoms with E-state index in [-0.39, 0.29) is 11.6 Å². The van der Waals surface area contributed by atoms with E-state index in [1.165, 1.54) is 29.5 Å². The molecule has 1 aromatic heterocycles. The quantitative estimate of drug-likeness (QED) is 0.805. The number of amides is 1. The molecule has 1 heterocycles. The van der Waals surface area contributed by atoms with E-state index in [9.17, 15) is 9.18 Å². The Kier molecular flexibility index (Phi) is 3.10. The molecule has 3 N–H and O–H groups in total. The number of benzene rings is 1. The number of aryl methyl sites for hydroxylation is 1. The highest BCUT2D eigenvalue weighted by molar-refractivity contribution is 7.08. The molecule has 0 atom stereocenters. The second-order valence-electron chi connectivity index (χ2n) is 3.66. The van der Waals surface area contributed by atoms with Crippen molar-refractivity contribution in [3.63, 3.8) is 0 Å². The molecule has 0 aliphatic heterocycles. The number of hydrogen-bond acceptors (Lipinski definition) is 3. The molecule has 1 aromatic carbocycles. The van der Waals surface area contributed by atoms with Crippen LogP contribution in [0.2, 0.25) is 0 Å². The lowest BCUT2D eigenvalue weighted by atomic mass is 10.2. The summed E-state index contributed by atoms with van der Waals surface area (Å²) < 4.78 is 13.4. The molecule has 0 saturated heterocycles. The molecule has 0 aliphatic rings. The Hall–Kier alpha value is -1.88. The molecule has 2 aromatic rings. The fourth-order valence-electron chi connectivity index (χ4n) is 1.42. The molecule has 0 spiro atoms. The van der Waals surface area contributed by atoms with E-state index in [4.69, 9.17) is 5.73 Å². The number of nitrogen functional groups attached to an aromatic ring is 1. The highest BCUT2D eigenvalue weighted by Gasteiger charge is 2.12. The highest BCUT2D eigenvalue weighted by atomic mass is 32.1. The zero-order chi connectivity index (χ0) is 12.4. The van der Waals surface area contributed by atoms with Crippen LogP contribution in [0.15, 0.2) is 29.0 Å². The largest absolute Gasteiger partial charge is 0.399 e. The van der Waals surface area contributed by atoms with Gasteiger partial charge < -0.3 is 11.1 Å². The highest BCUT2D eigenvalue weighted by Crippen LogP contribution is 2.20. The summed E-state index contributed by atoms with van der Waals surface area (Å²) in [6, 6.07) is 4.07. The van der Waals surface area contributed by atoms with Gasteiger partial charge in [0.2, 0.25) is 0 Å². The van der Waals surface area contributed by atoms with Crippen LogP contribution in [0.1, 0.15) is 15.9 Å². The monoisotopic (exact) mass is 250 g/mol. The predicted octanol–water partition coefficient (Wildman–Crippen LogP) is 3.03. The maximum atomic E-state index is 13.4. The van der Waals surface area contributed by atoms with Gasteiger partial charge in [0.25, 0.3) is 5.91 Å². The summed E-state index contributed by atoms with van der Waals surface area (Å²) in [6.07, 6.45) is 0. The van der Waals surface area contributed by atoms with Crippen LogP contribution in [-0.4, -0.2) is 5.91 Å². The van der Waals surface area contributed by atoms with Crippen LogP contribution in [0.5, 0.6) is 0 Å². The van der Waals surface area contributed by atoms with Crippen LogP contribution in [0.4, 0.5) is 15.8 Å². The molecule has 1 amide bonds. The number of hydrogen-bond donors (Lipinski definition) is 2. The van der Waals surface area contributed by atoms with Gasteiger partial charge in [0, 0.05) is 11.1 Å². The third-order valence-electron chi connectivity index (χ3n) is 2.34. The first-order valence-corrected chi connectivity index (χ1v) is 5.91. The first kappa shape index (κ1) is 11.6. The van der Waals surface area contributed by atoms with Gasteiger partial charge >= 0.3 is 0 Å². The van der Waals surface area contributed by atoms with Crippen LogP contribution in [-0.2, 0) is 0 Å². The van der Waals surface area contributed by atoms with Crippen LogP contribution in [0, 0.1) is 12.7 Å². The Morgan fingerprint density at radius 3 is 2.82 bits per heavy atom. The Morgan fingerprint density at radius 1 is 1.41 bits per heavy atom. The van der Waals surface area contributed by atoms with Crippen molar-refractivity contribution < 1.29 is 9.18 Å². The number of halogens is 1. The second kappa shape index (κ2) is 4.55. The number of carbonyl (C=O) groups excluding carboxylic acids is 1. The summed E-state index contributed by atoms with van der Waals surface area (Å²) in [4.78, 5) is 11.8. The van der Waals surface area contributed by atoms with E-state index in [2.05, 4.69) is 5.32 Å². The third-order valence-corrected chi connectivity index (χ3v) is 3.20. The van der Waals surface area contributed by atoms with Crippen LogP contribution in [0.3, 0.4) is 0 Å². The first-order valence-electron chi connectivity index (χ1n) is 4.97. The number of rotatable bonds is 2. The predicted molar refractivity (Wildman–Crippen MR) is 67.8 cm³/mol. The number of nitrogens with one attached hydrogen (secondary N) is 1. The van der Waals surface area contributed by atoms with Gasteiger partial charge in [-0.25, -0.2) is 4.39 Å². The minimum absolute atomic E-state index is 0.0978. The Morgan fingerprint density at radius 2 is 2.18 bits per heavy atom. The molecule has 3 nitrogen and oxygen atoms in total. The smallest absolute Gasteiger partial charge is 0.256 e. The van der Waals surface area contributed by atoms with Crippen molar-refractivity contribution >= 4 is 28.6 Å². The van der Waals surface area contributed by atoms with Crippen molar-refractivity contribution in [2.75, 3.05) is 11.1 Å². The standard InChI is InChI=1S/C12H11FN2OS/c1-7-5-17-6-9(7)12(16)15-11-4-8(14)2-3-10(11)13/h2-6H,14H2,1H3,(H,15,16). The zero-order valence-corrected chi connectivity index (χ0v) is 9.98. The van der Waals surface area contributed by atoms with Gasteiger partial charge in [0.15, 0.2) is 0 Å². The van der Waals surface area contributed by atoms with Crippen molar-refractivity contribution in [2.45, 2.75) is 6.92 Å².